The van der Waals surface area contributed by atoms with E-state index in [0.29, 0.717) is 16.8 Å². The Morgan fingerprint density at radius 3 is 2.79 bits per heavy atom. The van der Waals surface area contributed by atoms with Crippen molar-refractivity contribution < 1.29 is 4.43 Å². The molecule has 4 heteroatoms. The van der Waals surface area contributed by atoms with E-state index in [1.165, 1.54) is 0 Å². The monoisotopic (exact) mass is 229 g/mol. The number of pyridine rings is 1. The molecular weight excluding hydrogens is 214 g/mol. The van der Waals surface area contributed by atoms with Crippen LogP contribution in [0.3, 0.4) is 0 Å². The van der Waals surface area contributed by atoms with Gasteiger partial charge in [0.2, 0.25) is 0 Å². The average molecular weight is 230 g/mol. The highest BCUT2D eigenvalue weighted by Crippen LogP contribution is 2.20. The van der Waals surface area contributed by atoms with Gasteiger partial charge in [0.1, 0.15) is 5.15 Å². The zero-order valence-corrected chi connectivity index (χ0v) is 11.0. The van der Waals surface area contributed by atoms with E-state index in [4.69, 9.17) is 16.0 Å². The second kappa shape index (κ2) is 4.91. The van der Waals surface area contributed by atoms with Crippen molar-refractivity contribution in [3.8, 4) is 0 Å². The van der Waals surface area contributed by atoms with E-state index in [0.717, 1.165) is 5.56 Å². The van der Waals surface area contributed by atoms with Crippen LogP contribution in [0.5, 0.6) is 0 Å². The third-order valence-corrected chi connectivity index (χ3v) is 3.08. The molecule has 0 N–H and O–H groups in total. The van der Waals surface area contributed by atoms with Gasteiger partial charge in [-0.25, -0.2) is 4.98 Å². The highest BCUT2D eigenvalue weighted by molar-refractivity contribution is 6.31. The van der Waals surface area contributed by atoms with Gasteiger partial charge in [-0.15, -0.1) is 0 Å². The lowest BCUT2D eigenvalue weighted by Crippen LogP contribution is -2.12. The smallest absolute Gasteiger partial charge is 0.167 e. The summed E-state index contributed by atoms with van der Waals surface area (Å²) in [4.78, 5) is 3.92. The summed E-state index contributed by atoms with van der Waals surface area (Å²) in [6.45, 7) is 7.28. The summed E-state index contributed by atoms with van der Waals surface area (Å²) in [6.07, 6.45) is 1.71. The summed E-state index contributed by atoms with van der Waals surface area (Å²) in [7, 11) is -0.470. The van der Waals surface area contributed by atoms with E-state index in [2.05, 4.69) is 25.8 Å². The quantitative estimate of drug-likeness (QED) is 0.587. The minimum atomic E-state index is -0.470. The largest absolute Gasteiger partial charge is 0.419 e. The minimum absolute atomic E-state index is 0.344. The molecule has 0 bridgehead atoms. The van der Waals surface area contributed by atoms with Crippen molar-refractivity contribution >= 4 is 21.4 Å². The average Bonchev–Trinajstić information content (AvgIpc) is 2.01. The van der Waals surface area contributed by atoms with Crippen LogP contribution >= 0.6 is 11.6 Å². The third-order valence-electron chi connectivity index (χ3n) is 1.59. The molecule has 0 radical (unpaired) electrons. The first-order valence-corrected chi connectivity index (χ1v) is 6.32. The molecule has 1 aromatic rings. The van der Waals surface area contributed by atoms with Gasteiger partial charge < -0.3 is 4.43 Å². The molecule has 78 valence electrons. The Balaban J connectivity index is 2.39. The Labute approximate surface area is 92.6 Å². The molecule has 0 saturated carbocycles. The Morgan fingerprint density at radius 1 is 1.50 bits per heavy atom. The summed E-state index contributed by atoms with van der Waals surface area (Å²) in [6, 6.07) is 3.78. The standard InChI is InChI=1S/C10H16ClNOSi/c1-10(2,3)14-13-7-8-4-5-12-9(11)6-8/h4-6H,7,14H2,1-3H3. The molecule has 1 rings (SSSR count). The number of hydrogen-bond donors (Lipinski definition) is 0. The van der Waals surface area contributed by atoms with Crippen LogP contribution in [-0.4, -0.2) is 14.7 Å². The SMILES string of the molecule is CC(C)(C)[SiH2]OCc1ccnc(Cl)c1. The predicted molar refractivity (Wildman–Crippen MR) is 62.3 cm³/mol. The molecule has 0 aliphatic carbocycles. The van der Waals surface area contributed by atoms with Gasteiger partial charge in [0.25, 0.3) is 0 Å². The number of nitrogens with zero attached hydrogens (tertiary/aromatic N) is 1. The molecule has 0 aliphatic heterocycles. The maximum atomic E-state index is 5.76. The molecule has 0 unspecified atom stereocenters. The van der Waals surface area contributed by atoms with Crippen molar-refractivity contribution in [2.24, 2.45) is 0 Å². The highest BCUT2D eigenvalue weighted by Gasteiger charge is 2.11. The Hall–Kier alpha value is -0.383. The number of hydrogen-bond acceptors (Lipinski definition) is 2. The van der Waals surface area contributed by atoms with E-state index in [-0.39, 0.29) is 0 Å². The van der Waals surface area contributed by atoms with Gasteiger partial charge in [0.05, 0.1) is 6.61 Å². The summed E-state index contributed by atoms with van der Waals surface area (Å²) in [5.74, 6) is 0. The van der Waals surface area contributed by atoms with Crippen LogP contribution in [-0.2, 0) is 11.0 Å². The van der Waals surface area contributed by atoms with Crippen molar-refractivity contribution in [3.05, 3.63) is 29.0 Å². The lowest BCUT2D eigenvalue weighted by atomic mass is 10.3. The molecule has 1 heterocycles. The summed E-state index contributed by atoms with van der Waals surface area (Å²) in [5, 5.41) is 0.875. The zero-order valence-electron chi connectivity index (χ0n) is 8.88. The maximum Gasteiger partial charge on any atom is 0.167 e. The van der Waals surface area contributed by atoms with Crippen molar-refractivity contribution in [2.45, 2.75) is 32.4 Å². The minimum Gasteiger partial charge on any atom is -0.419 e. The normalized spacial score (nSPS) is 12.6. The lowest BCUT2D eigenvalue weighted by molar-refractivity contribution is 0.309. The number of halogens is 1. The Kier molecular flexibility index (Phi) is 4.10. The summed E-state index contributed by atoms with van der Waals surface area (Å²) < 4.78 is 5.69. The predicted octanol–water partition coefficient (Wildman–Crippen LogP) is 2.55. The van der Waals surface area contributed by atoms with Crippen molar-refractivity contribution in [1.29, 1.82) is 0 Å². The molecule has 0 aromatic carbocycles. The van der Waals surface area contributed by atoms with Crippen molar-refractivity contribution in [2.75, 3.05) is 0 Å². The van der Waals surface area contributed by atoms with Crippen molar-refractivity contribution in [1.82, 2.24) is 4.98 Å². The molecule has 0 amide bonds. The Bertz CT molecular complexity index is 298. The van der Waals surface area contributed by atoms with E-state index in [1.54, 1.807) is 6.20 Å². The fourth-order valence-corrected chi connectivity index (χ4v) is 2.15. The van der Waals surface area contributed by atoms with Gasteiger partial charge in [-0.3, -0.25) is 0 Å². The third kappa shape index (κ3) is 4.74. The maximum absolute atomic E-state index is 5.76. The lowest BCUT2D eigenvalue weighted by Gasteiger charge is -2.16. The number of rotatable bonds is 3. The molecule has 14 heavy (non-hydrogen) atoms. The first-order chi connectivity index (χ1) is 6.47. The van der Waals surface area contributed by atoms with E-state index in [9.17, 15) is 0 Å². The van der Waals surface area contributed by atoms with Crippen LogP contribution in [0.25, 0.3) is 0 Å². The molecule has 2 nitrogen and oxygen atoms in total. The molecule has 1 aromatic heterocycles. The highest BCUT2D eigenvalue weighted by atomic mass is 35.5. The molecule has 0 aliphatic rings. The Morgan fingerprint density at radius 2 is 2.21 bits per heavy atom. The van der Waals surface area contributed by atoms with Crippen LogP contribution in [0, 0.1) is 0 Å². The zero-order chi connectivity index (χ0) is 10.6. The molecule has 0 spiro atoms. The van der Waals surface area contributed by atoms with Gasteiger partial charge in [-0.1, -0.05) is 32.4 Å². The fourth-order valence-electron chi connectivity index (χ4n) is 1.01. The first kappa shape index (κ1) is 11.7. The fraction of sp³-hybridized carbons (Fsp3) is 0.500. The summed E-state index contributed by atoms with van der Waals surface area (Å²) in [5.41, 5.74) is 1.10. The first-order valence-electron chi connectivity index (χ1n) is 4.65. The second-order valence-corrected chi connectivity index (χ2v) is 7.75. The van der Waals surface area contributed by atoms with E-state index < -0.39 is 9.76 Å². The second-order valence-electron chi connectivity index (χ2n) is 4.54. The van der Waals surface area contributed by atoms with Gasteiger partial charge in [0, 0.05) is 6.20 Å². The van der Waals surface area contributed by atoms with Gasteiger partial charge >= 0.3 is 0 Å². The van der Waals surface area contributed by atoms with Gasteiger partial charge in [-0.05, 0) is 22.7 Å². The molecular formula is C10H16ClNOSi. The van der Waals surface area contributed by atoms with Gasteiger partial charge in [0.15, 0.2) is 9.76 Å². The number of aromatic nitrogens is 1. The van der Waals surface area contributed by atoms with E-state index in [1.807, 2.05) is 12.1 Å². The molecule has 0 fully saturated rings. The van der Waals surface area contributed by atoms with Gasteiger partial charge in [-0.2, -0.15) is 0 Å². The van der Waals surface area contributed by atoms with Crippen LogP contribution in [0.4, 0.5) is 0 Å². The molecule has 0 atom stereocenters. The van der Waals surface area contributed by atoms with Crippen LogP contribution in [0.1, 0.15) is 26.3 Å². The molecule has 0 saturated heterocycles. The topological polar surface area (TPSA) is 22.1 Å². The van der Waals surface area contributed by atoms with Crippen molar-refractivity contribution in [3.63, 3.8) is 0 Å². The summed E-state index contributed by atoms with van der Waals surface area (Å²) >= 11 is 5.76. The van der Waals surface area contributed by atoms with Crippen LogP contribution in [0.15, 0.2) is 18.3 Å². The van der Waals surface area contributed by atoms with E-state index >= 15 is 0 Å². The van der Waals surface area contributed by atoms with Crippen LogP contribution < -0.4 is 0 Å². The van der Waals surface area contributed by atoms with Crippen LogP contribution in [0.2, 0.25) is 10.2 Å².